The van der Waals surface area contributed by atoms with Crippen LogP contribution in [0.3, 0.4) is 0 Å². The average Bonchev–Trinajstić information content (AvgIpc) is 2.51. The van der Waals surface area contributed by atoms with Crippen molar-refractivity contribution in [1.29, 1.82) is 0 Å². The third-order valence-corrected chi connectivity index (χ3v) is 3.55. The lowest BCUT2D eigenvalue weighted by atomic mass is 10.1. The molecule has 1 aromatic heterocycles. The number of nitrogens with two attached hydrogens (primary N) is 1. The van der Waals surface area contributed by atoms with Crippen LogP contribution < -0.4 is 16.4 Å². The van der Waals surface area contributed by atoms with Gasteiger partial charge in [0.2, 0.25) is 0 Å². The van der Waals surface area contributed by atoms with Crippen molar-refractivity contribution < 1.29 is 4.39 Å². The highest BCUT2D eigenvalue weighted by Crippen LogP contribution is 2.30. The molecular formula is C15H13ClFN5. The summed E-state index contributed by atoms with van der Waals surface area (Å²) < 4.78 is 13.2. The summed E-state index contributed by atoms with van der Waals surface area (Å²) in [5.41, 5.74) is 8.74. The quantitative estimate of drug-likeness (QED) is 0.641. The number of aromatic nitrogens is 2. The number of nitrogens with one attached hydrogen (secondary N) is 2. The maximum atomic E-state index is 13.2. The summed E-state index contributed by atoms with van der Waals surface area (Å²) in [6.45, 7) is 0. The summed E-state index contributed by atoms with van der Waals surface area (Å²) in [6.07, 6.45) is 1.45. The predicted molar refractivity (Wildman–Crippen MR) is 88.2 cm³/mol. The lowest BCUT2D eigenvalue weighted by molar-refractivity contribution is 0.628. The molecule has 3 aromatic rings. The van der Waals surface area contributed by atoms with Crippen LogP contribution in [0, 0.1) is 5.82 Å². The summed E-state index contributed by atoms with van der Waals surface area (Å²) in [7, 11) is 1.79. The van der Waals surface area contributed by atoms with Gasteiger partial charge in [0.05, 0.1) is 21.9 Å². The molecule has 0 bridgehead atoms. The first-order valence-electron chi connectivity index (χ1n) is 6.52. The third-order valence-electron chi connectivity index (χ3n) is 3.26. The summed E-state index contributed by atoms with van der Waals surface area (Å²) in [5, 5.41) is 6.91. The molecule has 4 N–H and O–H groups in total. The van der Waals surface area contributed by atoms with E-state index in [1.165, 1.54) is 18.5 Å². The van der Waals surface area contributed by atoms with Crippen LogP contribution in [0.25, 0.3) is 10.9 Å². The zero-order valence-electron chi connectivity index (χ0n) is 11.7. The number of nitrogen functional groups attached to an aromatic ring is 1. The normalized spacial score (nSPS) is 10.7. The van der Waals surface area contributed by atoms with Gasteiger partial charge in [0, 0.05) is 18.1 Å². The maximum Gasteiger partial charge on any atom is 0.141 e. The molecule has 0 spiro atoms. The molecule has 7 heteroatoms. The van der Waals surface area contributed by atoms with E-state index in [0.717, 1.165) is 16.6 Å². The van der Waals surface area contributed by atoms with Crippen LogP contribution in [0.5, 0.6) is 0 Å². The molecule has 0 fully saturated rings. The van der Waals surface area contributed by atoms with Crippen LogP contribution in [0.2, 0.25) is 5.02 Å². The summed E-state index contributed by atoms with van der Waals surface area (Å²) in [6, 6.07) is 8.00. The minimum Gasteiger partial charge on any atom is -0.397 e. The van der Waals surface area contributed by atoms with Crippen molar-refractivity contribution in [2.45, 2.75) is 0 Å². The van der Waals surface area contributed by atoms with E-state index in [1.807, 2.05) is 6.07 Å². The molecule has 0 atom stereocenters. The lowest BCUT2D eigenvalue weighted by Crippen LogP contribution is -2.00. The number of halogens is 2. The van der Waals surface area contributed by atoms with Gasteiger partial charge >= 0.3 is 0 Å². The largest absolute Gasteiger partial charge is 0.397 e. The molecule has 0 aliphatic rings. The highest BCUT2D eigenvalue weighted by molar-refractivity contribution is 6.31. The van der Waals surface area contributed by atoms with Crippen molar-refractivity contribution in [1.82, 2.24) is 9.97 Å². The number of rotatable bonds is 3. The number of nitrogens with zero attached hydrogens (tertiary/aromatic N) is 2. The van der Waals surface area contributed by atoms with Crippen LogP contribution in [0.4, 0.5) is 27.3 Å². The maximum absolute atomic E-state index is 13.2. The molecular weight excluding hydrogens is 305 g/mol. The van der Waals surface area contributed by atoms with Crippen molar-refractivity contribution >= 4 is 45.4 Å². The van der Waals surface area contributed by atoms with E-state index in [2.05, 4.69) is 20.6 Å². The fraction of sp³-hybridized carbons (Fsp3) is 0.0667. The van der Waals surface area contributed by atoms with E-state index in [9.17, 15) is 4.39 Å². The SMILES string of the molecule is CNc1cc2ncnc(Nc3ccc(F)c(Cl)c3)c2cc1N. The van der Waals surface area contributed by atoms with Gasteiger partial charge in [-0.1, -0.05) is 11.6 Å². The molecule has 5 nitrogen and oxygen atoms in total. The van der Waals surface area contributed by atoms with Gasteiger partial charge in [-0.2, -0.15) is 0 Å². The Morgan fingerprint density at radius 1 is 1.18 bits per heavy atom. The van der Waals surface area contributed by atoms with Crippen LogP contribution in [-0.4, -0.2) is 17.0 Å². The molecule has 0 amide bonds. The number of hydrogen-bond acceptors (Lipinski definition) is 5. The predicted octanol–water partition coefficient (Wildman–Crippen LogP) is 3.79. The zero-order chi connectivity index (χ0) is 15.7. The first-order valence-corrected chi connectivity index (χ1v) is 6.90. The van der Waals surface area contributed by atoms with Crippen LogP contribution in [-0.2, 0) is 0 Å². The molecule has 0 aliphatic carbocycles. The Balaban J connectivity index is 2.06. The van der Waals surface area contributed by atoms with E-state index in [1.54, 1.807) is 19.2 Å². The fourth-order valence-electron chi connectivity index (χ4n) is 2.15. The van der Waals surface area contributed by atoms with E-state index >= 15 is 0 Å². The number of benzene rings is 2. The molecule has 112 valence electrons. The second-order valence-corrected chi connectivity index (χ2v) is 5.09. The van der Waals surface area contributed by atoms with Crippen LogP contribution in [0.15, 0.2) is 36.7 Å². The molecule has 0 aliphatic heterocycles. The molecule has 0 radical (unpaired) electrons. The highest BCUT2D eigenvalue weighted by atomic mass is 35.5. The van der Waals surface area contributed by atoms with Crippen LogP contribution >= 0.6 is 11.6 Å². The highest BCUT2D eigenvalue weighted by Gasteiger charge is 2.09. The van der Waals surface area contributed by atoms with Gasteiger partial charge in [-0.3, -0.25) is 0 Å². The molecule has 3 rings (SSSR count). The Bertz CT molecular complexity index is 853. The van der Waals surface area contributed by atoms with Gasteiger partial charge in [0.15, 0.2) is 0 Å². The van der Waals surface area contributed by atoms with Gasteiger partial charge in [0.25, 0.3) is 0 Å². The van der Waals surface area contributed by atoms with E-state index < -0.39 is 5.82 Å². The van der Waals surface area contributed by atoms with Gasteiger partial charge in [-0.05, 0) is 30.3 Å². The Kier molecular flexibility index (Phi) is 3.68. The first kappa shape index (κ1) is 14.3. The zero-order valence-corrected chi connectivity index (χ0v) is 12.4. The molecule has 2 aromatic carbocycles. The summed E-state index contributed by atoms with van der Waals surface area (Å²) >= 11 is 5.79. The minimum atomic E-state index is -0.470. The monoisotopic (exact) mass is 317 g/mol. The van der Waals surface area contributed by atoms with Crippen molar-refractivity contribution in [3.63, 3.8) is 0 Å². The van der Waals surface area contributed by atoms with Gasteiger partial charge in [0.1, 0.15) is 18.0 Å². The number of anilines is 4. The van der Waals surface area contributed by atoms with Crippen molar-refractivity contribution in [3.05, 3.63) is 47.5 Å². The first-order chi connectivity index (χ1) is 10.6. The minimum absolute atomic E-state index is 0.0420. The van der Waals surface area contributed by atoms with E-state index in [4.69, 9.17) is 17.3 Å². The second kappa shape index (κ2) is 5.65. The van der Waals surface area contributed by atoms with E-state index in [-0.39, 0.29) is 5.02 Å². The summed E-state index contributed by atoms with van der Waals surface area (Å²) in [4.78, 5) is 8.45. The van der Waals surface area contributed by atoms with E-state index in [0.29, 0.717) is 17.2 Å². The molecule has 1 heterocycles. The van der Waals surface area contributed by atoms with Gasteiger partial charge < -0.3 is 16.4 Å². The molecule has 22 heavy (non-hydrogen) atoms. The molecule has 0 unspecified atom stereocenters. The van der Waals surface area contributed by atoms with Crippen molar-refractivity contribution in [2.75, 3.05) is 23.4 Å². The Morgan fingerprint density at radius 2 is 2.00 bits per heavy atom. The lowest BCUT2D eigenvalue weighted by Gasteiger charge is -2.11. The molecule has 0 saturated heterocycles. The number of fused-ring (bicyclic) bond motifs is 1. The topological polar surface area (TPSA) is 75.9 Å². The Labute approximate surface area is 131 Å². The summed E-state index contributed by atoms with van der Waals surface area (Å²) in [5.74, 6) is 0.102. The third kappa shape index (κ3) is 2.60. The smallest absolute Gasteiger partial charge is 0.141 e. The van der Waals surface area contributed by atoms with Gasteiger partial charge in [-0.15, -0.1) is 0 Å². The number of hydrogen-bond donors (Lipinski definition) is 3. The Hall–Kier alpha value is -2.60. The average molecular weight is 318 g/mol. The standard InChI is InChI=1S/C15H13ClFN5/c1-19-14-6-13-9(5-12(14)18)15(21-7-20-13)22-8-2-3-11(17)10(16)4-8/h2-7,19H,18H2,1H3,(H,20,21,22). The molecule has 0 saturated carbocycles. The van der Waals surface area contributed by atoms with Crippen molar-refractivity contribution in [2.24, 2.45) is 0 Å². The fourth-order valence-corrected chi connectivity index (χ4v) is 2.33. The van der Waals surface area contributed by atoms with Gasteiger partial charge in [-0.25, -0.2) is 14.4 Å². The Morgan fingerprint density at radius 3 is 2.73 bits per heavy atom. The van der Waals surface area contributed by atoms with Crippen molar-refractivity contribution in [3.8, 4) is 0 Å². The van der Waals surface area contributed by atoms with Crippen LogP contribution in [0.1, 0.15) is 0 Å². The second-order valence-electron chi connectivity index (χ2n) is 4.68.